The van der Waals surface area contributed by atoms with Gasteiger partial charge in [0.15, 0.2) is 16.6 Å². The van der Waals surface area contributed by atoms with Crippen molar-refractivity contribution in [3.63, 3.8) is 0 Å². The first kappa shape index (κ1) is 23.8. The molecule has 0 amide bonds. The molecule has 0 aliphatic heterocycles. The topological polar surface area (TPSA) is 18.5 Å². The van der Waals surface area contributed by atoms with Gasteiger partial charge in [0.1, 0.15) is 0 Å². The minimum absolute atomic E-state index is 0.872. The van der Waals surface area contributed by atoms with Crippen molar-refractivity contribution in [2.24, 2.45) is 0 Å². The quantitative estimate of drug-likeness (QED) is 0.162. The summed E-state index contributed by atoms with van der Waals surface area (Å²) >= 11 is 0. The second-order valence-corrected chi connectivity index (χ2v) is 21.2. The Morgan fingerprint density at radius 3 is 1.36 bits per heavy atom. The van der Waals surface area contributed by atoms with Crippen LogP contribution in [0.15, 0.2) is 0 Å². The second-order valence-electron chi connectivity index (χ2n) is 6.37. The molecule has 0 atom stereocenters. The molecule has 22 heavy (non-hydrogen) atoms. The Balaban J connectivity index is 3.34. The zero-order chi connectivity index (χ0) is 16.9. The van der Waals surface area contributed by atoms with Crippen molar-refractivity contribution in [1.82, 2.24) is 0 Å². The third-order valence-electron chi connectivity index (χ3n) is 3.21. The molecule has 0 aromatic heterocycles. The van der Waals surface area contributed by atoms with E-state index in [2.05, 4.69) is 40.0 Å². The van der Waals surface area contributed by atoms with E-state index < -0.39 is 16.6 Å². The Morgan fingerprint density at radius 1 is 0.682 bits per heavy atom. The lowest BCUT2D eigenvalue weighted by atomic mass is 10.6. The van der Waals surface area contributed by atoms with Gasteiger partial charge in [-0.15, -0.1) is 0 Å². The lowest BCUT2D eigenvalue weighted by molar-refractivity contribution is 0.328. The SMILES string of the molecule is CCO[Si](C)(C)CCCSSSSCCC[Si](C)(C)OCC. The van der Waals surface area contributed by atoms with Gasteiger partial charge in [0, 0.05) is 24.7 Å². The van der Waals surface area contributed by atoms with Crippen LogP contribution in [-0.4, -0.2) is 41.4 Å². The van der Waals surface area contributed by atoms with Crippen molar-refractivity contribution in [1.29, 1.82) is 0 Å². The minimum Gasteiger partial charge on any atom is -0.418 e. The molecule has 0 saturated carbocycles. The molecule has 0 bridgehead atoms. The fourth-order valence-electron chi connectivity index (χ4n) is 2.15. The standard InChI is InChI=1S/C14H34O2S4Si2/c1-7-15-21(3,4)13-9-11-17-19-20-18-12-10-14-22(5,6)16-8-2/h7-14H2,1-6H3. The largest absolute Gasteiger partial charge is 0.418 e. The van der Waals surface area contributed by atoms with E-state index in [1.54, 1.807) is 0 Å². The van der Waals surface area contributed by atoms with E-state index in [1.165, 1.54) is 36.4 Å². The number of hydrogen-bond donors (Lipinski definition) is 0. The van der Waals surface area contributed by atoms with Crippen molar-refractivity contribution >= 4 is 57.9 Å². The average molecular weight is 419 g/mol. The minimum atomic E-state index is -1.36. The molecule has 0 aromatic rings. The molecule has 0 unspecified atom stereocenters. The molecule has 0 saturated heterocycles. The first-order valence-electron chi connectivity index (χ1n) is 8.18. The predicted octanol–water partition coefficient (Wildman–Crippen LogP) is 6.93. The molecule has 0 spiro atoms. The zero-order valence-electron chi connectivity index (χ0n) is 15.1. The van der Waals surface area contributed by atoms with Gasteiger partial charge in [-0.3, -0.25) is 0 Å². The summed E-state index contributed by atoms with van der Waals surface area (Å²) in [7, 11) is 5.15. The van der Waals surface area contributed by atoms with Crippen molar-refractivity contribution in [3.8, 4) is 0 Å². The smallest absolute Gasteiger partial charge is 0.186 e. The highest BCUT2D eigenvalue weighted by Crippen LogP contribution is 2.43. The van der Waals surface area contributed by atoms with Gasteiger partial charge in [-0.05, 0) is 84.6 Å². The van der Waals surface area contributed by atoms with E-state index in [1.807, 2.05) is 41.2 Å². The van der Waals surface area contributed by atoms with Gasteiger partial charge in [0.05, 0.1) is 0 Å². The van der Waals surface area contributed by atoms with Crippen molar-refractivity contribution < 1.29 is 8.85 Å². The van der Waals surface area contributed by atoms with Crippen molar-refractivity contribution in [2.75, 3.05) is 24.7 Å². The van der Waals surface area contributed by atoms with Gasteiger partial charge in [0.25, 0.3) is 0 Å². The van der Waals surface area contributed by atoms with Gasteiger partial charge in [-0.2, -0.15) is 0 Å². The van der Waals surface area contributed by atoms with Crippen LogP contribution in [0.2, 0.25) is 38.3 Å². The van der Waals surface area contributed by atoms with Crippen LogP contribution in [0.25, 0.3) is 0 Å². The maximum Gasteiger partial charge on any atom is 0.186 e. The number of hydrogen-bond acceptors (Lipinski definition) is 6. The lowest BCUT2D eigenvalue weighted by Crippen LogP contribution is -2.30. The summed E-state index contributed by atoms with van der Waals surface area (Å²) < 4.78 is 11.7. The first-order valence-corrected chi connectivity index (χ1v) is 19.6. The predicted molar refractivity (Wildman–Crippen MR) is 117 cm³/mol. The van der Waals surface area contributed by atoms with Crippen molar-refractivity contribution in [2.45, 2.75) is 65.0 Å². The summed E-state index contributed by atoms with van der Waals surface area (Å²) in [6, 6.07) is 2.56. The van der Waals surface area contributed by atoms with Gasteiger partial charge in [-0.25, -0.2) is 0 Å². The molecule has 0 N–H and O–H groups in total. The van der Waals surface area contributed by atoms with Crippen LogP contribution < -0.4 is 0 Å². The van der Waals surface area contributed by atoms with Crippen LogP contribution in [0.1, 0.15) is 26.7 Å². The van der Waals surface area contributed by atoms with E-state index in [9.17, 15) is 0 Å². The van der Waals surface area contributed by atoms with Gasteiger partial charge in [0.2, 0.25) is 0 Å². The fraction of sp³-hybridized carbons (Fsp3) is 1.00. The van der Waals surface area contributed by atoms with Gasteiger partial charge in [-0.1, -0.05) is 21.6 Å². The van der Waals surface area contributed by atoms with Crippen LogP contribution >= 0.6 is 41.2 Å². The third-order valence-corrected chi connectivity index (χ3v) is 15.1. The molecule has 0 aromatic carbocycles. The average Bonchev–Trinajstić information content (AvgIpc) is 2.40. The third kappa shape index (κ3) is 15.3. The zero-order valence-corrected chi connectivity index (χ0v) is 20.4. The van der Waals surface area contributed by atoms with E-state index >= 15 is 0 Å². The lowest BCUT2D eigenvalue weighted by Gasteiger charge is -2.21. The molecule has 0 aliphatic carbocycles. The van der Waals surface area contributed by atoms with E-state index in [-0.39, 0.29) is 0 Å². The maximum atomic E-state index is 5.85. The summed E-state index contributed by atoms with van der Waals surface area (Å²) in [4.78, 5) is 0. The van der Waals surface area contributed by atoms with Crippen LogP contribution in [0, 0.1) is 0 Å². The Bertz CT molecular complexity index is 243. The molecule has 0 heterocycles. The van der Waals surface area contributed by atoms with E-state index in [4.69, 9.17) is 8.85 Å². The highest BCUT2D eigenvalue weighted by atomic mass is 33.7. The molecule has 8 heteroatoms. The first-order chi connectivity index (χ1) is 10.3. The van der Waals surface area contributed by atoms with Crippen LogP contribution in [0.4, 0.5) is 0 Å². The van der Waals surface area contributed by atoms with Gasteiger partial charge < -0.3 is 8.85 Å². The Hall–Kier alpha value is 1.75. The Labute approximate surface area is 155 Å². The summed E-state index contributed by atoms with van der Waals surface area (Å²) in [5.41, 5.74) is 0. The molecule has 134 valence electrons. The normalized spacial score (nSPS) is 12.8. The maximum absolute atomic E-state index is 5.85. The highest BCUT2D eigenvalue weighted by Gasteiger charge is 2.21. The fourth-order valence-corrected chi connectivity index (χ4v) is 12.7. The molecular weight excluding hydrogens is 385 g/mol. The monoisotopic (exact) mass is 418 g/mol. The van der Waals surface area contributed by atoms with Gasteiger partial charge >= 0.3 is 0 Å². The second kappa shape index (κ2) is 14.0. The van der Waals surface area contributed by atoms with Crippen LogP contribution in [-0.2, 0) is 8.85 Å². The van der Waals surface area contributed by atoms with Crippen LogP contribution in [0.5, 0.6) is 0 Å². The molecule has 2 nitrogen and oxygen atoms in total. The highest BCUT2D eigenvalue weighted by molar-refractivity contribution is 9.26. The summed E-state index contributed by atoms with van der Waals surface area (Å²) in [5, 5.41) is 0. The molecule has 0 aliphatic rings. The molecule has 0 radical (unpaired) electrons. The summed E-state index contributed by atoms with van der Waals surface area (Å²) in [6.07, 6.45) is 2.58. The molecular formula is C14H34O2S4Si2. The molecule has 0 fully saturated rings. The van der Waals surface area contributed by atoms with Crippen LogP contribution in [0.3, 0.4) is 0 Å². The van der Waals surface area contributed by atoms with Crippen molar-refractivity contribution in [3.05, 3.63) is 0 Å². The van der Waals surface area contributed by atoms with E-state index in [0.29, 0.717) is 0 Å². The summed E-state index contributed by atoms with van der Waals surface area (Å²) in [6.45, 7) is 15.2. The van der Waals surface area contributed by atoms with E-state index in [0.717, 1.165) is 13.2 Å². The Morgan fingerprint density at radius 2 is 1.05 bits per heavy atom. The number of rotatable bonds is 15. The Kier molecular flexibility index (Phi) is 15.1. The summed E-state index contributed by atoms with van der Waals surface area (Å²) in [5.74, 6) is 2.48. The molecule has 0 rings (SSSR count).